The molecule has 0 amide bonds. The molecule has 0 bridgehead atoms. The molecule has 0 spiro atoms. The molecule has 0 saturated heterocycles. The van der Waals surface area contributed by atoms with Gasteiger partial charge in [-0.3, -0.25) is 0 Å². The first-order valence-electron chi connectivity index (χ1n) is 7.06. The van der Waals surface area contributed by atoms with Gasteiger partial charge in [0, 0.05) is 0 Å². The zero-order chi connectivity index (χ0) is 16.7. The van der Waals surface area contributed by atoms with Crippen molar-refractivity contribution in [1.82, 2.24) is 0 Å². The lowest BCUT2D eigenvalue weighted by Crippen LogP contribution is -2.03. The smallest absolute Gasteiger partial charge is 0.337 e. The lowest BCUT2D eigenvalue weighted by atomic mass is 10.1. The minimum absolute atomic E-state index is 0.354. The van der Waals surface area contributed by atoms with Crippen molar-refractivity contribution in [3.05, 3.63) is 70.8 Å². The molecular formula is C18H18O5. The molecule has 0 aliphatic carbocycles. The molecule has 0 N–H and O–H groups in total. The summed E-state index contributed by atoms with van der Waals surface area (Å²) in [6, 6.07) is 14.2. The first-order valence-corrected chi connectivity index (χ1v) is 7.06. The number of hydrogen-bond donors (Lipinski definition) is 0. The fraction of sp³-hybridized carbons (Fsp3) is 0.222. The maximum absolute atomic E-state index is 11.5. The van der Waals surface area contributed by atoms with E-state index in [1.165, 1.54) is 14.2 Å². The third kappa shape index (κ3) is 4.66. The number of carbonyl (C=O) groups excluding carboxylic acids is 2. The summed E-state index contributed by atoms with van der Waals surface area (Å²) in [5, 5.41) is 0. The van der Waals surface area contributed by atoms with E-state index in [9.17, 15) is 9.59 Å². The van der Waals surface area contributed by atoms with E-state index in [1.807, 2.05) is 12.1 Å². The van der Waals surface area contributed by atoms with E-state index < -0.39 is 0 Å². The van der Waals surface area contributed by atoms with Gasteiger partial charge in [0.15, 0.2) is 0 Å². The van der Waals surface area contributed by atoms with Gasteiger partial charge in [0.2, 0.25) is 0 Å². The quantitative estimate of drug-likeness (QED) is 0.767. The Labute approximate surface area is 134 Å². The van der Waals surface area contributed by atoms with Gasteiger partial charge in [-0.15, -0.1) is 0 Å². The molecule has 0 heterocycles. The van der Waals surface area contributed by atoms with Crippen LogP contribution in [0.15, 0.2) is 48.5 Å². The Bertz CT molecular complexity index is 634. The molecule has 0 atom stereocenters. The molecule has 0 aliphatic heterocycles. The molecule has 0 aliphatic rings. The Kier molecular flexibility index (Phi) is 5.88. The van der Waals surface area contributed by atoms with E-state index in [4.69, 9.17) is 4.74 Å². The summed E-state index contributed by atoms with van der Waals surface area (Å²) in [4.78, 5) is 23.0. The first-order chi connectivity index (χ1) is 11.1. The molecule has 2 aromatic carbocycles. The van der Waals surface area contributed by atoms with Gasteiger partial charge in [-0.05, 0) is 35.4 Å². The van der Waals surface area contributed by atoms with Crippen LogP contribution in [-0.2, 0) is 27.4 Å². The molecular weight excluding hydrogens is 296 g/mol. The maximum Gasteiger partial charge on any atom is 0.337 e. The molecule has 0 aromatic heterocycles. The van der Waals surface area contributed by atoms with Crippen molar-refractivity contribution in [3.63, 3.8) is 0 Å². The number of rotatable bonds is 6. The van der Waals surface area contributed by atoms with Crippen LogP contribution in [0.3, 0.4) is 0 Å². The average molecular weight is 314 g/mol. The number of ether oxygens (including phenoxy) is 3. The van der Waals surface area contributed by atoms with Crippen molar-refractivity contribution in [2.45, 2.75) is 13.2 Å². The summed E-state index contributed by atoms with van der Waals surface area (Å²) in [5.41, 5.74) is 2.72. The van der Waals surface area contributed by atoms with Crippen molar-refractivity contribution in [2.75, 3.05) is 14.2 Å². The Morgan fingerprint density at radius 1 is 0.783 bits per heavy atom. The third-order valence-electron chi connectivity index (χ3n) is 3.23. The highest BCUT2D eigenvalue weighted by Crippen LogP contribution is 2.11. The Hall–Kier alpha value is -2.66. The van der Waals surface area contributed by atoms with Crippen LogP contribution < -0.4 is 0 Å². The molecule has 23 heavy (non-hydrogen) atoms. The summed E-state index contributed by atoms with van der Waals surface area (Å²) < 4.78 is 15.0. The van der Waals surface area contributed by atoms with E-state index in [0.717, 1.165) is 11.1 Å². The fourth-order valence-corrected chi connectivity index (χ4v) is 2.10. The minimum Gasteiger partial charge on any atom is -0.465 e. The number of hydrogen-bond acceptors (Lipinski definition) is 5. The van der Waals surface area contributed by atoms with Crippen LogP contribution in [0.1, 0.15) is 31.8 Å². The predicted molar refractivity (Wildman–Crippen MR) is 84.1 cm³/mol. The lowest BCUT2D eigenvalue weighted by molar-refractivity contribution is 0.0592. The molecule has 2 rings (SSSR count). The molecule has 5 nitrogen and oxygen atoms in total. The third-order valence-corrected chi connectivity index (χ3v) is 3.23. The Morgan fingerprint density at radius 3 is 1.61 bits per heavy atom. The van der Waals surface area contributed by atoms with Crippen LogP contribution in [0, 0.1) is 0 Å². The fourth-order valence-electron chi connectivity index (χ4n) is 2.10. The summed E-state index contributed by atoms with van der Waals surface area (Å²) in [5.74, 6) is -0.754. The van der Waals surface area contributed by atoms with Gasteiger partial charge in [0.25, 0.3) is 0 Å². The van der Waals surface area contributed by atoms with E-state index in [-0.39, 0.29) is 11.9 Å². The summed E-state index contributed by atoms with van der Waals surface area (Å²) >= 11 is 0. The predicted octanol–water partition coefficient (Wildman–Crippen LogP) is 2.98. The highest BCUT2D eigenvalue weighted by Gasteiger charge is 2.07. The van der Waals surface area contributed by atoms with Crippen LogP contribution in [0.4, 0.5) is 0 Å². The molecule has 5 heteroatoms. The Balaban J connectivity index is 1.95. The second kappa shape index (κ2) is 8.10. The van der Waals surface area contributed by atoms with E-state index in [0.29, 0.717) is 24.3 Å². The van der Waals surface area contributed by atoms with Crippen LogP contribution in [0.5, 0.6) is 0 Å². The highest BCUT2D eigenvalue weighted by molar-refractivity contribution is 5.89. The molecule has 120 valence electrons. The van der Waals surface area contributed by atoms with Crippen LogP contribution in [-0.4, -0.2) is 26.2 Å². The van der Waals surface area contributed by atoms with Crippen molar-refractivity contribution >= 4 is 11.9 Å². The van der Waals surface area contributed by atoms with Gasteiger partial charge in [-0.1, -0.05) is 24.3 Å². The van der Waals surface area contributed by atoms with E-state index >= 15 is 0 Å². The standard InChI is InChI=1S/C18H18O5/c1-21-17(19)15-7-3-5-13(9-15)11-23-12-14-6-4-8-16(10-14)18(20)22-2/h3-10H,11-12H2,1-2H3. The first kappa shape index (κ1) is 16.7. The van der Waals surface area contributed by atoms with Crippen molar-refractivity contribution in [2.24, 2.45) is 0 Å². The summed E-state index contributed by atoms with van der Waals surface area (Å²) in [6.07, 6.45) is 0. The summed E-state index contributed by atoms with van der Waals surface area (Å²) in [6.45, 7) is 0.709. The van der Waals surface area contributed by atoms with Gasteiger partial charge >= 0.3 is 11.9 Å². The normalized spacial score (nSPS) is 10.2. The molecule has 2 aromatic rings. The largest absolute Gasteiger partial charge is 0.465 e. The molecule has 0 saturated carbocycles. The minimum atomic E-state index is -0.377. The zero-order valence-corrected chi connectivity index (χ0v) is 13.1. The highest BCUT2D eigenvalue weighted by atomic mass is 16.5. The molecule has 0 unspecified atom stereocenters. The van der Waals surface area contributed by atoms with Crippen molar-refractivity contribution < 1.29 is 23.8 Å². The number of carbonyl (C=O) groups is 2. The average Bonchev–Trinajstić information content (AvgIpc) is 2.61. The topological polar surface area (TPSA) is 61.8 Å². The number of methoxy groups -OCH3 is 2. The van der Waals surface area contributed by atoms with Gasteiger partial charge in [-0.2, -0.15) is 0 Å². The van der Waals surface area contributed by atoms with Gasteiger partial charge in [0.05, 0.1) is 38.6 Å². The second-order valence-corrected chi connectivity index (χ2v) is 4.88. The monoisotopic (exact) mass is 314 g/mol. The number of esters is 2. The summed E-state index contributed by atoms with van der Waals surface area (Å²) in [7, 11) is 2.69. The van der Waals surface area contributed by atoms with Crippen molar-refractivity contribution in [3.8, 4) is 0 Å². The van der Waals surface area contributed by atoms with Gasteiger partial charge in [0.1, 0.15) is 0 Å². The Morgan fingerprint density at radius 2 is 1.22 bits per heavy atom. The SMILES string of the molecule is COC(=O)c1cccc(COCc2cccc(C(=O)OC)c2)c1. The second-order valence-electron chi connectivity index (χ2n) is 4.88. The maximum atomic E-state index is 11.5. The molecule has 0 fully saturated rings. The lowest BCUT2D eigenvalue weighted by Gasteiger charge is -2.07. The van der Waals surface area contributed by atoms with Crippen LogP contribution in [0.2, 0.25) is 0 Å². The van der Waals surface area contributed by atoms with Crippen molar-refractivity contribution in [1.29, 1.82) is 0 Å². The van der Waals surface area contributed by atoms with E-state index in [2.05, 4.69) is 9.47 Å². The van der Waals surface area contributed by atoms with Gasteiger partial charge in [-0.25, -0.2) is 9.59 Å². The molecule has 0 radical (unpaired) electrons. The number of benzene rings is 2. The van der Waals surface area contributed by atoms with E-state index in [1.54, 1.807) is 36.4 Å². The zero-order valence-electron chi connectivity index (χ0n) is 13.1. The van der Waals surface area contributed by atoms with Crippen LogP contribution in [0.25, 0.3) is 0 Å². The van der Waals surface area contributed by atoms with Gasteiger partial charge < -0.3 is 14.2 Å². The van der Waals surface area contributed by atoms with Crippen LogP contribution >= 0.6 is 0 Å².